The summed E-state index contributed by atoms with van der Waals surface area (Å²) in [5, 5.41) is 3.44. The SMILES string of the molecule is CCOc1cncc(NC2CCCCC2CCl)n1. The quantitative estimate of drug-likeness (QED) is 0.835. The van der Waals surface area contributed by atoms with Crippen molar-refractivity contribution in [2.24, 2.45) is 5.92 Å². The van der Waals surface area contributed by atoms with Crippen molar-refractivity contribution in [3.05, 3.63) is 12.4 Å². The molecule has 1 aliphatic carbocycles. The molecular weight excluding hydrogens is 250 g/mol. The van der Waals surface area contributed by atoms with E-state index in [9.17, 15) is 0 Å². The number of alkyl halides is 1. The van der Waals surface area contributed by atoms with Gasteiger partial charge in [0.1, 0.15) is 5.82 Å². The Balaban J connectivity index is 2.00. The van der Waals surface area contributed by atoms with Crippen LogP contribution in [0.3, 0.4) is 0 Å². The summed E-state index contributed by atoms with van der Waals surface area (Å²) in [5.41, 5.74) is 0. The van der Waals surface area contributed by atoms with Gasteiger partial charge in [-0.1, -0.05) is 12.8 Å². The summed E-state index contributed by atoms with van der Waals surface area (Å²) in [4.78, 5) is 8.52. The zero-order chi connectivity index (χ0) is 12.8. The highest BCUT2D eigenvalue weighted by molar-refractivity contribution is 6.18. The summed E-state index contributed by atoms with van der Waals surface area (Å²) >= 11 is 6.02. The molecule has 0 bridgehead atoms. The van der Waals surface area contributed by atoms with E-state index >= 15 is 0 Å². The Labute approximate surface area is 113 Å². The maximum absolute atomic E-state index is 6.02. The van der Waals surface area contributed by atoms with E-state index in [4.69, 9.17) is 16.3 Å². The zero-order valence-corrected chi connectivity index (χ0v) is 11.5. The van der Waals surface area contributed by atoms with Crippen LogP contribution in [0.5, 0.6) is 5.88 Å². The number of hydrogen-bond donors (Lipinski definition) is 1. The molecule has 4 nitrogen and oxygen atoms in total. The molecule has 2 rings (SSSR count). The minimum atomic E-state index is 0.405. The first-order valence-corrected chi connectivity index (χ1v) is 7.14. The molecule has 0 radical (unpaired) electrons. The van der Waals surface area contributed by atoms with Crippen LogP contribution in [0.15, 0.2) is 12.4 Å². The minimum Gasteiger partial charge on any atom is -0.477 e. The molecule has 0 saturated heterocycles. The maximum atomic E-state index is 6.02. The van der Waals surface area contributed by atoms with Gasteiger partial charge in [0, 0.05) is 11.9 Å². The van der Waals surface area contributed by atoms with Crippen LogP contribution in [0.4, 0.5) is 5.82 Å². The molecule has 1 aliphatic rings. The first-order chi connectivity index (χ1) is 8.83. The van der Waals surface area contributed by atoms with Crippen LogP contribution in [0, 0.1) is 5.92 Å². The van der Waals surface area contributed by atoms with Crippen LogP contribution in [0.25, 0.3) is 0 Å². The predicted octanol–water partition coefficient (Wildman–Crippen LogP) is 3.08. The van der Waals surface area contributed by atoms with Crippen LogP contribution >= 0.6 is 11.6 Å². The second kappa shape index (κ2) is 6.78. The van der Waals surface area contributed by atoms with E-state index in [0.717, 1.165) is 12.2 Å². The van der Waals surface area contributed by atoms with Crippen molar-refractivity contribution >= 4 is 17.4 Å². The van der Waals surface area contributed by atoms with Crippen molar-refractivity contribution in [1.82, 2.24) is 9.97 Å². The summed E-state index contributed by atoms with van der Waals surface area (Å²) in [6, 6.07) is 0.405. The number of nitrogens with one attached hydrogen (secondary N) is 1. The molecule has 0 aromatic carbocycles. The van der Waals surface area contributed by atoms with Crippen molar-refractivity contribution in [3.8, 4) is 5.88 Å². The number of aromatic nitrogens is 2. The highest BCUT2D eigenvalue weighted by atomic mass is 35.5. The van der Waals surface area contributed by atoms with Crippen LogP contribution in [-0.2, 0) is 0 Å². The van der Waals surface area contributed by atoms with Gasteiger partial charge in [-0.2, -0.15) is 4.98 Å². The molecule has 1 heterocycles. The van der Waals surface area contributed by atoms with E-state index < -0.39 is 0 Å². The second-order valence-corrected chi connectivity index (χ2v) is 4.93. The largest absolute Gasteiger partial charge is 0.477 e. The summed E-state index contributed by atoms with van der Waals surface area (Å²) in [7, 11) is 0. The third-order valence-electron chi connectivity index (χ3n) is 3.35. The fourth-order valence-electron chi connectivity index (χ4n) is 2.41. The lowest BCUT2D eigenvalue weighted by Crippen LogP contribution is -2.33. The van der Waals surface area contributed by atoms with E-state index in [-0.39, 0.29) is 0 Å². The predicted molar refractivity (Wildman–Crippen MR) is 73.3 cm³/mol. The average molecular weight is 270 g/mol. The van der Waals surface area contributed by atoms with Gasteiger partial charge in [0.25, 0.3) is 0 Å². The minimum absolute atomic E-state index is 0.405. The van der Waals surface area contributed by atoms with Crippen molar-refractivity contribution in [1.29, 1.82) is 0 Å². The second-order valence-electron chi connectivity index (χ2n) is 4.63. The normalized spacial score (nSPS) is 23.7. The molecule has 0 spiro atoms. The van der Waals surface area contributed by atoms with Gasteiger partial charge in [-0.05, 0) is 25.7 Å². The summed E-state index contributed by atoms with van der Waals surface area (Å²) in [6.07, 6.45) is 8.25. The lowest BCUT2D eigenvalue weighted by atomic mass is 9.86. The number of hydrogen-bond acceptors (Lipinski definition) is 4. The smallest absolute Gasteiger partial charge is 0.234 e. The molecule has 5 heteroatoms. The molecule has 2 unspecified atom stereocenters. The number of rotatable bonds is 5. The van der Waals surface area contributed by atoms with Gasteiger partial charge in [0.15, 0.2) is 0 Å². The molecule has 1 N–H and O–H groups in total. The molecule has 1 fully saturated rings. The maximum Gasteiger partial charge on any atom is 0.234 e. The fourth-order valence-corrected chi connectivity index (χ4v) is 2.78. The molecule has 1 saturated carbocycles. The van der Waals surface area contributed by atoms with Gasteiger partial charge in [-0.15, -0.1) is 11.6 Å². The molecule has 0 amide bonds. The number of ether oxygens (including phenoxy) is 1. The van der Waals surface area contributed by atoms with E-state index in [1.165, 1.54) is 19.3 Å². The van der Waals surface area contributed by atoms with Crippen molar-refractivity contribution < 1.29 is 4.74 Å². The van der Waals surface area contributed by atoms with Gasteiger partial charge in [0.05, 0.1) is 19.0 Å². The van der Waals surface area contributed by atoms with Gasteiger partial charge >= 0.3 is 0 Å². The van der Waals surface area contributed by atoms with E-state index in [2.05, 4.69) is 15.3 Å². The molecule has 100 valence electrons. The number of nitrogens with zero attached hydrogens (tertiary/aromatic N) is 2. The van der Waals surface area contributed by atoms with Crippen LogP contribution in [0.2, 0.25) is 0 Å². The Hall–Kier alpha value is -1.03. The van der Waals surface area contributed by atoms with E-state index in [1.54, 1.807) is 12.4 Å². The van der Waals surface area contributed by atoms with Gasteiger partial charge in [-0.25, -0.2) is 0 Å². The van der Waals surface area contributed by atoms with Gasteiger partial charge in [0.2, 0.25) is 5.88 Å². The third-order valence-corrected chi connectivity index (χ3v) is 3.74. The van der Waals surface area contributed by atoms with Gasteiger partial charge < -0.3 is 10.1 Å². The Kier molecular flexibility index (Phi) is 5.05. The molecule has 1 aromatic rings. The zero-order valence-electron chi connectivity index (χ0n) is 10.7. The number of halogens is 1. The van der Waals surface area contributed by atoms with Gasteiger partial charge in [-0.3, -0.25) is 4.98 Å². The molecular formula is C13H20ClN3O. The van der Waals surface area contributed by atoms with E-state index in [0.29, 0.717) is 30.3 Å². The van der Waals surface area contributed by atoms with Crippen LogP contribution in [0.1, 0.15) is 32.6 Å². The Bertz CT molecular complexity index is 375. The van der Waals surface area contributed by atoms with Crippen molar-refractivity contribution in [2.45, 2.75) is 38.6 Å². The van der Waals surface area contributed by atoms with Crippen molar-refractivity contribution in [2.75, 3.05) is 17.8 Å². The molecule has 0 aliphatic heterocycles. The van der Waals surface area contributed by atoms with E-state index in [1.807, 2.05) is 6.92 Å². The standard InChI is InChI=1S/C13H20ClN3O/c1-2-18-13-9-15-8-12(17-13)16-11-6-4-3-5-10(11)7-14/h8-11H,2-7H2,1H3,(H,16,17). The highest BCUT2D eigenvalue weighted by Crippen LogP contribution is 2.27. The molecule has 18 heavy (non-hydrogen) atoms. The number of anilines is 1. The monoisotopic (exact) mass is 269 g/mol. The average Bonchev–Trinajstić information content (AvgIpc) is 2.40. The summed E-state index contributed by atoms with van der Waals surface area (Å²) in [5.74, 6) is 2.58. The van der Waals surface area contributed by atoms with Crippen molar-refractivity contribution in [3.63, 3.8) is 0 Å². The summed E-state index contributed by atoms with van der Waals surface area (Å²) in [6.45, 7) is 2.54. The lowest BCUT2D eigenvalue weighted by Gasteiger charge is -2.31. The van der Waals surface area contributed by atoms with Crippen LogP contribution < -0.4 is 10.1 Å². The highest BCUT2D eigenvalue weighted by Gasteiger charge is 2.24. The molecule has 2 atom stereocenters. The fraction of sp³-hybridized carbons (Fsp3) is 0.692. The Morgan fingerprint density at radius 2 is 2.22 bits per heavy atom. The lowest BCUT2D eigenvalue weighted by molar-refractivity contribution is 0.324. The summed E-state index contributed by atoms with van der Waals surface area (Å²) < 4.78 is 5.35. The Morgan fingerprint density at radius 3 is 3.00 bits per heavy atom. The first kappa shape index (κ1) is 13.4. The third kappa shape index (κ3) is 3.48. The topological polar surface area (TPSA) is 47.0 Å². The Morgan fingerprint density at radius 1 is 1.39 bits per heavy atom. The molecule has 1 aromatic heterocycles. The first-order valence-electron chi connectivity index (χ1n) is 6.60. The van der Waals surface area contributed by atoms with Crippen LogP contribution in [-0.4, -0.2) is 28.5 Å².